The van der Waals surface area contributed by atoms with Crippen LogP contribution in [0.3, 0.4) is 0 Å². The van der Waals surface area contributed by atoms with Gasteiger partial charge in [-0.3, -0.25) is 14.6 Å². The van der Waals surface area contributed by atoms with Crippen LogP contribution in [0.25, 0.3) is 0 Å². The number of piperidine rings is 1. The van der Waals surface area contributed by atoms with Gasteiger partial charge in [-0.15, -0.1) is 0 Å². The Hall–Kier alpha value is -2.02. The fourth-order valence-electron chi connectivity index (χ4n) is 3.58. The van der Waals surface area contributed by atoms with Crippen molar-refractivity contribution in [2.45, 2.75) is 31.3 Å². The molecule has 23 heavy (non-hydrogen) atoms. The van der Waals surface area contributed by atoms with E-state index in [-0.39, 0.29) is 29.5 Å². The Morgan fingerprint density at radius 2 is 2.26 bits per heavy atom. The summed E-state index contributed by atoms with van der Waals surface area (Å²) in [6.45, 7) is 1.54. The van der Waals surface area contributed by atoms with Gasteiger partial charge in [0, 0.05) is 32.8 Å². The average Bonchev–Trinajstić information content (AvgIpc) is 2.98. The summed E-state index contributed by atoms with van der Waals surface area (Å²) in [5.41, 5.74) is 0.0426. The number of aromatic nitrogens is 1. The van der Waals surface area contributed by atoms with Crippen LogP contribution in [0.2, 0.25) is 0 Å². The number of ether oxygens (including phenoxy) is 1. The second-order valence-electron chi connectivity index (χ2n) is 5.90. The topological polar surface area (TPSA) is 62.7 Å². The Bertz CT molecular complexity index is 610. The summed E-state index contributed by atoms with van der Waals surface area (Å²) in [4.78, 5) is 32.0. The molecule has 0 unspecified atom stereocenters. The second kappa shape index (κ2) is 6.62. The van der Waals surface area contributed by atoms with E-state index in [0.29, 0.717) is 32.5 Å². The van der Waals surface area contributed by atoms with Crippen molar-refractivity contribution in [3.63, 3.8) is 0 Å². The molecule has 2 aliphatic rings. The summed E-state index contributed by atoms with van der Waals surface area (Å²) in [5, 5.41) is 0. The van der Waals surface area contributed by atoms with Crippen molar-refractivity contribution in [3.8, 4) is 0 Å². The number of amides is 2. The molecule has 6 nitrogen and oxygen atoms in total. The molecule has 2 fully saturated rings. The highest BCUT2D eigenvalue weighted by molar-refractivity contribution is 5.95. The summed E-state index contributed by atoms with van der Waals surface area (Å²) in [6.07, 6.45) is 4.23. The molecule has 3 rings (SSSR count). The van der Waals surface area contributed by atoms with Crippen LogP contribution >= 0.6 is 0 Å². The molecule has 124 valence electrons. The molecular formula is C16H20FN3O3. The maximum absolute atomic E-state index is 13.8. The van der Waals surface area contributed by atoms with Crippen molar-refractivity contribution >= 4 is 11.8 Å². The first-order valence-electron chi connectivity index (χ1n) is 7.82. The van der Waals surface area contributed by atoms with Gasteiger partial charge in [0.1, 0.15) is 0 Å². The molecule has 0 N–H and O–H groups in total. The minimum absolute atomic E-state index is 0.000230. The molecule has 2 aliphatic heterocycles. The third-order valence-electron chi connectivity index (χ3n) is 4.68. The molecule has 2 saturated heterocycles. The quantitative estimate of drug-likeness (QED) is 0.832. The fourth-order valence-corrected chi connectivity index (χ4v) is 3.58. The van der Waals surface area contributed by atoms with Gasteiger partial charge < -0.3 is 14.5 Å². The highest BCUT2D eigenvalue weighted by Gasteiger charge is 2.45. The summed E-state index contributed by atoms with van der Waals surface area (Å²) < 4.78 is 18.9. The smallest absolute Gasteiger partial charge is 0.257 e. The van der Waals surface area contributed by atoms with Crippen LogP contribution < -0.4 is 0 Å². The van der Waals surface area contributed by atoms with Crippen LogP contribution in [0.5, 0.6) is 0 Å². The van der Waals surface area contributed by atoms with Crippen LogP contribution in [0, 0.1) is 5.82 Å². The third-order valence-corrected chi connectivity index (χ3v) is 4.68. The van der Waals surface area contributed by atoms with Crippen molar-refractivity contribution in [3.05, 3.63) is 29.8 Å². The zero-order valence-corrected chi connectivity index (χ0v) is 13.1. The molecule has 2 atom stereocenters. The molecule has 0 spiro atoms. The van der Waals surface area contributed by atoms with Crippen molar-refractivity contribution in [2.24, 2.45) is 0 Å². The van der Waals surface area contributed by atoms with E-state index >= 15 is 0 Å². The first kappa shape index (κ1) is 15.9. The first-order chi connectivity index (χ1) is 11.1. The van der Waals surface area contributed by atoms with E-state index in [1.807, 2.05) is 4.90 Å². The van der Waals surface area contributed by atoms with E-state index in [4.69, 9.17) is 4.74 Å². The van der Waals surface area contributed by atoms with Crippen LogP contribution in [-0.4, -0.2) is 65.5 Å². The molecule has 0 saturated carbocycles. The van der Waals surface area contributed by atoms with Crippen LogP contribution in [-0.2, 0) is 9.53 Å². The van der Waals surface area contributed by atoms with E-state index in [9.17, 15) is 14.0 Å². The first-order valence-corrected chi connectivity index (χ1v) is 7.82. The molecule has 0 bridgehead atoms. The molecule has 7 heteroatoms. The highest BCUT2D eigenvalue weighted by atomic mass is 19.1. The lowest BCUT2D eigenvalue weighted by Crippen LogP contribution is -2.54. The summed E-state index contributed by atoms with van der Waals surface area (Å²) >= 11 is 0. The van der Waals surface area contributed by atoms with Gasteiger partial charge >= 0.3 is 0 Å². The van der Waals surface area contributed by atoms with Gasteiger partial charge in [-0.1, -0.05) is 0 Å². The number of carbonyl (C=O) groups excluding carboxylic acids is 2. The predicted octanol–water partition coefficient (Wildman–Crippen LogP) is 1.07. The van der Waals surface area contributed by atoms with Gasteiger partial charge in [-0.05, 0) is 18.9 Å². The molecule has 0 radical (unpaired) electrons. The van der Waals surface area contributed by atoms with Gasteiger partial charge in [0.25, 0.3) is 5.91 Å². The Kier molecular flexibility index (Phi) is 4.56. The van der Waals surface area contributed by atoms with Crippen molar-refractivity contribution in [1.82, 2.24) is 14.8 Å². The molecule has 1 aromatic rings. The second-order valence-corrected chi connectivity index (χ2v) is 5.90. The van der Waals surface area contributed by atoms with Crippen LogP contribution in [0.15, 0.2) is 18.5 Å². The maximum atomic E-state index is 13.8. The number of pyridine rings is 1. The molecule has 3 heterocycles. The Morgan fingerprint density at radius 3 is 3.00 bits per heavy atom. The van der Waals surface area contributed by atoms with E-state index in [2.05, 4.69) is 4.98 Å². The van der Waals surface area contributed by atoms with Crippen molar-refractivity contribution < 1.29 is 18.7 Å². The molecule has 2 amide bonds. The lowest BCUT2D eigenvalue weighted by Gasteiger charge is -2.39. The molecule has 0 aromatic carbocycles. The number of hydrogen-bond acceptors (Lipinski definition) is 4. The van der Waals surface area contributed by atoms with Gasteiger partial charge in [-0.2, -0.15) is 0 Å². The number of methoxy groups -OCH3 is 1. The Morgan fingerprint density at radius 1 is 1.43 bits per heavy atom. The number of fused-ring (bicyclic) bond motifs is 1. The summed E-state index contributed by atoms with van der Waals surface area (Å²) in [7, 11) is 1.60. The van der Waals surface area contributed by atoms with Gasteiger partial charge in [0.05, 0.1) is 30.5 Å². The molecular weight excluding hydrogens is 301 g/mol. The van der Waals surface area contributed by atoms with E-state index < -0.39 is 5.82 Å². The van der Waals surface area contributed by atoms with E-state index in [1.54, 1.807) is 12.0 Å². The van der Waals surface area contributed by atoms with E-state index in [0.717, 1.165) is 12.6 Å². The number of carbonyl (C=O) groups is 2. The van der Waals surface area contributed by atoms with Gasteiger partial charge in [0.2, 0.25) is 5.91 Å². The van der Waals surface area contributed by atoms with Gasteiger partial charge in [0.15, 0.2) is 5.82 Å². The van der Waals surface area contributed by atoms with Crippen LogP contribution in [0.1, 0.15) is 29.6 Å². The lowest BCUT2D eigenvalue weighted by molar-refractivity contribution is -0.138. The Labute approximate surface area is 134 Å². The molecule has 1 aromatic heterocycles. The minimum atomic E-state index is -0.607. The lowest BCUT2D eigenvalue weighted by atomic mass is 9.96. The summed E-state index contributed by atoms with van der Waals surface area (Å²) in [5.74, 6) is -0.824. The number of rotatable bonds is 4. The highest BCUT2D eigenvalue weighted by Crippen LogP contribution is 2.32. The maximum Gasteiger partial charge on any atom is 0.257 e. The number of hydrogen-bond donors (Lipinski definition) is 0. The van der Waals surface area contributed by atoms with E-state index in [1.165, 1.54) is 12.3 Å². The van der Waals surface area contributed by atoms with Crippen molar-refractivity contribution in [1.29, 1.82) is 0 Å². The fraction of sp³-hybridized carbons (Fsp3) is 0.562. The average molecular weight is 321 g/mol. The molecule has 0 aliphatic carbocycles. The van der Waals surface area contributed by atoms with Crippen LogP contribution in [0.4, 0.5) is 4.39 Å². The SMILES string of the molecule is COCCN1C(=O)CC[C@@H]2[C@H]1CCN2C(=O)c1ccncc1F. The third kappa shape index (κ3) is 2.93. The standard InChI is InChI=1S/C16H20FN3O3/c1-23-9-8-19-14-5-7-20(13(14)2-3-15(19)21)16(22)11-4-6-18-10-12(11)17/h4,6,10,13-14H,2-3,5,7-9H2,1H3/t13-,14-/m1/s1. The minimum Gasteiger partial charge on any atom is -0.383 e. The number of halogens is 1. The monoisotopic (exact) mass is 321 g/mol. The largest absolute Gasteiger partial charge is 0.383 e. The van der Waals surface area contributed by atoms with Crippen molar-refractivity contribution in [2.75, 3.05) is 26.8 Å². The van der Waals surface area contributed by atoms with Gasteiger partial charge in [-0.25, -0.2) is 4.39 Å². The number of likely N-dealkylation sites (tertiary alicyclic amines) is 2. The normalized spacial score (nSPS) is 24.0. The zero-order valence-electron chi connectivity index (χ0n) is 13.1. The zero-order chi connectivity index (χ0) is 16.4. The number of nitrogens with zero attached hydrogens (tertiary/aromatic N) is 3. The summed E-state index contributed by atoms with van der Waals surface area (Å²) in [6, 6.07) is 1.35. The predicted molar refractivity (Wildman–Crippen MR) is 80.2 cm³/mol. The Balaban J connectivity index is 1.78.